The van der Waals surface area contributed by atoms with E-state index >= 15 is 0 Å². The van der Waals surface area contributed by atoms with E-state index in [1.165, 1.54) is 4.88 Å². The van der Waals surface area contributed by atoms with Gasteiger partial charge in [0, 0.05) is 30.5 Å². The summed E-state index contributed by atoms with van der Waals surface area (Å²) < 4.78 is 16.4. The van der Waals surface area contributed by atoms with Crippen LogP contribution in [0.25, 0.3) is 0 Å². The molecule has 28 heavy (non-hydrogen) atoms. The summed E-state index contributed by atoms with van der Waals surface area (Å²) in [6.45, 7) is 9.15. The number of aliphatic imine (C=N–C) groups is 1. The molecule has 0 aliphatic carbocycles. The molecule has 7 nitrogen and oxygen atoms in total. The number of ether oxygens (including phenoxy) is 3. The van der Waals surface area contributed by atoms with Crippen LogP contribution in [0.15, 0.2) is 23.2 Å². The highest BCUT2D eigenvalue weighted by Gasteiger charge is 2.13. The highest BCUT2D eigenvalue weighted by Crippen LogP contribution is 2.34. The van der Waals surface area contributed by atoms with Crippen molar-refractivity contribution >= 4 is 41.3 Å². The molecule has 0 atom stereocenters. The summed E-state index contributed by atoms with van der Waals surface area (Å²) in [7, 11) is 0. The number of aryl methyl sites for hydroxylation is 2. The second-order valence-corrected chi connectivity index (χ2v) is 7.34. The van der Waals surface area contributed by atoms with Gasteiger partial charge in [0.15, 0.2) is 17.5 Å². The van der Waals surface area contributed by atoms with Gasteiger partial charge >= 0.3 is 0 Å². The van der Waals surface area contributed by atoms with E-state index in [4.69, 9.17) is 14.2 Å². The molecule has 2 N–H and O–H groups in total. The van der Waals surface area contributed by atoms with Gasteiger partial charge in [-0.15, -0.1) is 35.3 Å². The fourth-order valence-corrected chi connectivity index (χ4v) is 3.48. The van der Waals surface area contributed by atoms with Crippen molar-refractivity contribution in [2.24, 2.45) is 4.99 Å². The Hall–Kier alpha value is -1.75. The second-order valence-electron chi connectivity index (χ2n) is 6.05. The normalized spacial score (nSPS) is 12.5. The summed E-state index contributed by atoms with van der Waals surface area (Å²) in [6.07, 6.45) is 0.851. The lowest BCUT2D eigenvalue weighted by molar-refractivity contribution is 0.173. The maximum atomic E-state index is 5.76. The Morgan fingerprint density at radius 3 is 2.82 bits per heavy atom. The average molecular weight is 518 g/mol. The van der Waals surface area contributed by atoms with Crippen molar-refractivity contribution in [3.05, 3.63) is 33.8 Å². The number of nitrogens with one attached hydrogen (secondary N) is 2. The molecule has 0 amide bonds. The van der Waals surface area contributed by atoms with Crippen molar-refractivity contribution in [1.29, 1.82) is 0 Å². The zero-order valence-electron chi connectivity index (χ0n) is 16.4. The minimum absolute atomic E-state index is 0. The maximum absolute atomic E-state index is 5.76. The third kappa shape index (κ3) is 6.40. The van der Waals surface area contributed by atoms with Gasteiger partial charge in [0.2, 0.25) is 6.79 Å². The van der Waals surface area contributed by atoms with Gasteiger partial charge in [0.1, 0.15) is 12.4 Å². The Bertz CT molecular complexity index is 778. The van der Waals surface area contributed by atoms with E-state index in [2.05, 4.69) is 27.5 Å². The first kappa shape index (κ1) is 22.5. The Morgan fingerprint density at radius 2 is 2.07 bits per heavy atom. The molecule has 3 rings (SSSR count). The molecule has 1 aliphatic heterocycles. The van der Waals surface area contributed by atoms with E-state index in [-0.39, 0.29) is 30.8 Å². The van der Waals surface area contributed by atoms with E-state index in [9.17, 15) is 0 Å². The first-order chi connectivity index (χ1) is 13.2. The molecule has 0 bridgehead atoms. The number of fused-ring (bicyclic) bond motifs is 1. The largest absolute Gasteiger partial charge is 0.492 e. The van der Waals surface area contributed by atoms with Crippen LogP contribution in [0, 0.1) is 13.8 Å². The van der Waals surface area contributed by atoms with E-state index in [0.717, 1.165) is 46.9 Å². The number of benzene rings is 1. The first-order valence-electron chi connectivity index (χ1n) is 9.13. The quantitative estimate of drug-likeness (QED) is 0.242. The van der Waals surface area contributed by atoms with E-state index in [1.54, 1.807) is 11.3 Å². The van der Waals surface area contributed by atoms with Gasteiger partial charge in [-0.25, -0.2) is 4.98 Å². The van der Waals surface area contributed by atoms with Crippen LogP contribution in [-0.2, 0) is 6.42 Å². The van der Waals surface area contributed by atoms with Crippen LogP contribution in [0.4, 0.5) is 0 Å². The van der Waals surface area contributed by atoms with Crippen LogP contribution in [-0.4, -0.2) is 44.0 Å². The molecule has 0 radical (unpaired) electrons. The highest BCUT2D eigenvalue weighted by molar-refractivity contribution is 14.0. The van der Waals surface area contributed by atoms with Crippen molar-refractivity contribution in [2.45, 2.75) is 27.2 Å². The van der Waals surface area contributed by atoms with E-state index < -0.39 is 0 Å². The van der Waals surface area contributed by atoms with Gasteiger partial charge < -0.3 is 24.8 Å². The molecule has 1 aliphatic rings. The molecular weight excluding hydrogens is 491 g/mol. The van der Waals surface area contributed by atoms with E-state index in [0.29, 0.717) is 19.7 Å². The number of halogens is 1. The minimum atomic E-state index is 0. The Labute approximate surface area is 186 Å². The number of aromatic nitrogens is 1. The minimum Gasteiger partial charge on any atom is -0.492 e. The van der Waals surface area contributed by atoms with Crippen LogP contribution >= 0.6 is 35.3 Å². The van der Waals surface area contributed by atoms with Crippen LogP contribution in [0.2, 0.25) is 0 Å². The molecule has 0 saturated carbocycles. The van der Waals surface area contributed by atoms with Crippen molar-refractivity contribution in [2.75, 3.05) is 33.0 Å². The van der Waals surface area contributed by atoms with Gasteiger partial charge in [-0.1, -0.05) is 0 Å². The average Bonchev–Trinajstić information content (AvgIpc) is 3.24. The van der Waals surface area contributed by atoms with Crippen molar-refractivity contribution < 1.29 is 14.2 Å². The number of guanidine groups is 1. The van der Waals surface area contributed by atoms with Gasteiger partial charge in [0.05, 0.1) is 17.2 Å². The fourth-order valence-electron chi connectivity index (χ4n) is 2.56. The van der Waals surface area contributed by atoms with Crippen molar-refractivity contribution in [3.63, 3.8) is 0 Å². The van der Waals surface area contributed by atoms with Gasteiger partial charge in [-0.3, -0.25) is 4.99 Å². The molecule has 2 heterocycles. The van der Waals surface area contributed by atoms with Gasteiger partial charge in [0.25, 0.3) is 0 Å². The lowest BCUT2D eigenvalue weighted by Gasteiger charge is -2.12. The number of rotatable bonds is 8. The van der Waals surface area contributed by atoms with Crippen LogP contribution in [0.5, 0.6) is 17.2 Å². The third-order valence-electron chi connectivity index (χ3n) is 4.02. The second kappa shape index (κ2) is 11.3. The zero-order chi connectivity index (χ0) is 19.1. The molecule has 0 unspecified atom stereocenters. The summed E-state index contributed by atoms with van der Waals surface area (Å²) in [5, 5.41) is 7.67. The van der Waals surface area contributed by atoms with Crippen LogP contribution in [0.3, 0.4) is 0 Å². The van der Waals surface area contributed by atoms with Crippen molar-refractivity contribution in [1.82, 2.24) is 15.6 Å². The molecule has 154 valence electrons. The molecule has 0 saturated heterocycles. The Kier molecular flexibility index (Phi) is 9.10. The number of hydrogen-bond donors (Lipinski definition) is 2. The number of thiazole rings is 1. The SMILES string of the molecule is CCNC(=NCCc1nc(C)c(C)s1)NCCOc1ccc2c(c1)OCO2.I. The summed E-state index contributed by atoms with van der Waals surface area (Å²) in [5.74, 6) is 3.03. The standard InChI is InChI=1S/C19H26N4O3S.HI/c1-4-20-19(21-8-7-18-23-13(2)14(3)27-18)22-9-10-24-15-5-6-16-17(11-15)26-12-25-16;/h5-6,11H,4,7-10,12H2,1-3H3,(H2,20,21,22);1H. The molecular formula is C19H27IN4O3S. The lowest BCUT2D eigenvalue weighted by Crippen LogP contribution is -2.39. The molecule has 0 spiro atoms. The number of nitrogens with zero attached hydrogens (tertiary/aromatic N) is 2. The fraction of sp³-hybridized carbons (Fsp3) is 0.474. The summed E-state index contributed by atoms with van der Waals surface area (Å²) in [5.41, 5.74) is 1.12. The first-order valence-corrected chi connectivity index (χ1v) is 9.95. The maximum Gasteiger partial charge on any atom is 0.231 e. The van der Waals surface area contributed by atoms with Gasteiger partial charge in [-0.05, 0) is 32.9 Å². The van der Waals surface area contributed by atoms with Crippen LogP contribution in [0.1, 0.15) is 22.5 Å². The summed E-state index contributed by atoms with van der Waals surface area (Å²) in [4.78, 5) is 10.4. The predicted octanol–water partition coefficient (Wildman–Crippen LogP) is 3.28. The number of hydrogen-bond acceptors (Lipinski definition) is 6. The molecule has 1 aromatic carbocycles. The molecule has 0 fully saturated rings. The van der Waals surface area contributed by atoms with Gasteiger partial charge in [-0.2, -0.15) is 0 Å². The highest BCUT2D eigenvalue weighted by atomic mass is 127. The topological polar surface area (TPSA) is 77.0 Å². The predicted molar refractivity (Wildman–Crippen MR) is 123 cm³/mol. The third-order valence-corrected chi connectivity index (χ3v) is 5.15. The van der Waals surface area contributed by atoms with Crippen LogP contribution < -0.4 is 24.8 Å². The summed E-state index contributed by atoms with van der Waals surface area (Å²) >= 11 is 1.75. The smallest absolute Gasteiger partial charge is 0.231 e. The molecule has 9 heteroatoms. The molecule has 2 aromatic rings. The Balaban J connectivity index is 0.00000280. The zero-order valence-corrected chi connectivity index (χ0v) is 19.6. The lowest BCUT2D eigenvalue weighted by atomic mass is 10.3. The monoisotopic (exact) mass is 518 g/mol. The molecule has 1 aromatic heterocycles. The van der Waals surface area contributed by atoms with Crippen molar-refractivity contribution in [3.8, 4) is 17.2 Å². The van der Waals surface area contributed by atoms with E-state index in [1.807, 2.05) is 32.0 Å². The summed E-state index contributed by atoms with van der Waals surface area (Å²) in [6, 6.07) is 5.59. The Morgan fingerprint density at radius 1 is 1.25 bits per heavy atom.